The van der Waals surface area contributed by atoms with Gasteiger partial charge in [0.25, 0.3) is 0 Å². The highest BCUT2D eigenvalue weighted by molar-refractivity contribution is 6.30. The van der Waals surface area contributed by atoms with Crippen molar-refractivity contribution in [1.29, 1.82) is 0 Å². The van der Waals surface area contributed by atoms with Crippen LogP contribution in [0.4, 0.5) is 4.39 Å². The molecule has 0 bridgehead atoms. The zero-order valence-corrected chi connectivity index (χ0v) is 15.9. The molecule has 0 aliphatic carbocycles. The summed E-state index contributed by atoms with van der Waals surface area (Å²) in [6.45, 7) is 1.53. The van der Waals surface area contributed by atoms with Crippen molar-refractivity contribution in [3.8, 4) is 11.5 Å². The third-order valence-corrected chi connectivity index (χ3v) is 5.51. The van der Waals surface area contributed by atoms with E-state index in [1.807, 2.05) is 42.5 Å². The molecule has 0 N–H and O–H groups in total. The van der Waals surface area contributed by atoms with Gasteiger partial charge in [-0.3, -0.25) is 0 Å². The van der Waals surface area contributed by atoms with Gasteiger partial charge in [0.15, 0.2) is 18.0 Å². The van der Waals surface area contributed by atoms with Crippen LogP contribution >= 0.6 is 11.6 Å². The Morgan fingerprint density at radius 1 is 0.964 bits per heavy atom. The molecule has 3 aromatic carbocycles. The van der Waals surface area contributed by atoms with Gasteiger partial charge in [-0.1, -0.05) is 23.7 Å². The normalized spacial score (nSPS) is 14.9. The maximum absolute atomic E-state index is 14.3. The number of ether oxygens (including phenoxy) is 2. The molecule has 0 fully saturated rings. The zero-order valence-electron chi connectivity index (χ0n) is 15.1. The summed E-state index contributed by atoms with van der Waals surface area (Å²) in [6.07, 6.45) is 0.859. The molecule has 2 heterocycles. The fourth-order valence-corrected chi connectivity index (χ4v) is 4.01. The van der Waals surface area contributed by atoms with Crippen molar-refractivity contribution in [1.82, 2.24) is 0 Å². The summed E-state index contributed by atoms with van der Waals surface area (Å²) in [5, 5.41) is 0.687. The average Bonchev–Trinajstić information content (AvgIpc) is 3.16. The van der Waals surface area contributed by atoms with Gasteiger partial charge in [0.1, 0.15) is 12.4 Å². The quantitative estimate of drug-likeness (QED) is 0.594. The molecule has 140 valence electrons. The van der Waals surface area contributed by atoms with Crippen LogP contribution in [0.25, 0.3) is 0 Å². The van der Waals surface area contributed by atoms with Crippen LogP contribution in [0.15, 0.2) is 60.7 Å². The van der Waals surface area contributed by atoms with E-state index in [4.69, 9.17) is 21.1 Å². The maximum Gasteiger partial charge on any atom is 0.231 e. The predicted molar refractivity (Wildman–Crippen MR) is 106 cm³/mol. The van der Waals surface area contributed by atoms with E-state index in [1.165, 1.54) is 11.6 Å². The standard InChI is InChI=1S/C23H18ClFNO2/c24-18-7-5-15(6-8-18)23-19-12-22-21(27-14-28-22)11-16(19)9-10-26(23)13-17-3-1-2-4-20(17)25/h1-8,11-12H,9-10,13-14H2/q+1. The predicted octanol–water partition coefficient (Wildman–Crippen LogP) is 4.81. The lowest BCUT2D eigenvalue weighted by Crippen LogP contribution is -2.31. The minimum Gasteiger partial charge on any atom is -0.454 e. The monoisotopic (exact) mass is 394 g/mol. The van der Waals surface area contributed by atoms with Gasteiger partial charge in [0.05, 0.1) is 11.1 Å². The average molecular weight is 395 g/mol. The minimum absolute atomic E-state index is 0.186. The van der Waals surface area contributed by atoms with E-state index in [-0.39, 0.29) is 12.6 Å². The first-order chi connectivity index (χ1) is 13.7. The van der Waals surface area contributed by atoms with Gasteiger partial charge in [0, 0.05) is 17.0 Å². The molecule has 5 heteroatoms. The second kappa shape index (κ2) is 6.95. The highest BCUT2D eigenvalue weighted by Crippen LogP contribution is 2.37. The van der Waals surface area contributed by atoms with E-state index in [0.717, 1.165) is 41.3 Å². The van der Waals surface area contributed by atoms with Crippen LogP contribution in [0, 0.1) is 5.82 Å². The SMILES string of the molecule is Fc1ccccc1C[N+]1=C(c2ccc(Cl)cc2)c2cc3c(cc2CC1)OCO3. The fraction of sp³-hybridized carbons (Fsp3) is 0.174. The Kier molecular flexibility index (Phi) is 4.29. The van der Waals surface area contributed by atoms with Crippen molar-refractivity contribution in [3.63, 3.8) is 0 Å². The van der Waals surface area contributed by atoms with Crippen LogP contribution in [0.1, 0.15) is 22.3 Å². The molecule has 3 nitrogen and oxygen atoms in total. The van der Waals surface area contributed by atoms with Crippen molar-refractivity contribution in [2.24, 2.45) is 0 Å². The summed E-state index contributed by atoms with van der Waals surface area (Å²) in [6, 6.07) is 18.8. The van der Waals surface area contributed by atoms with Crippen molar-refractivity contribution in [3.05, 3.63) is 93.8 Å². The van der Waals surface area contributed by atoms with Gasteiger partial charge in [0.2, 0.25) is 12.5 Å². The Bertz CT molecular complexity index is 1090. The largest absolute Gasteiger partial charge is 0.454 e. The van der Waals surface area contributed by atoms with E-state index >= 15 is 0 Å². The summed E-state index contributed by atoms with van der Waals surface area (Å²) < 4.78 is 27.7. The lowest BCUT2D eigenvalue weighted by molar-refractivity contribution is -0.544. The Labute approximate surface area is 167 Å². The number of fused-ring (bicyclic) bond motifs is 2. The number of hydrogen-bond acceptors (Lipinski definition) is 2. The molecule has 2 aliphatic heterocycles. The van der Waals surface area contributed by atoms with Gasteiger partial charge in [-0.25, -0.2) is 8.97 Å². The molecular formula is C23H18ClFNO2+. The zero-order chi connectivity index (χ0) is 19.1. The third kappa shape index (κ3) is 3.04. The maximum atomic E-state index is 14.3. The lowest BCUT2D eigenvalue weighted by atomic mass is 9.91. The van der Waals surface area contributed by atoms with Crippen molar-refractivity contribution in [2.45, 2.75) is 13.0 Å². The smallest absolute Gasteiger partial charge is 0.231 e. The van der Waals surface area contributed by atoms with Crippen molar-refractivity contribution < 1.29 is 18.4 Å². The number of benzene rings is 3. The third-order valence-electron chi connectivity index (χ3n) is 5.26. The first kappa shape index (κ1) is 17.3. The first-order valence-electron chi connectivity index (χ1n) is 9.23. The topological polar surface area (TPSA) is 21.5 Å². The van der Waals surface area contributed by atoms with Crippen LogP contribution in [-0.4, -0.2) is 23.6 Å². The van der Waals surface area contributed by atoms with E-state index < -0.39 is 0 Å². The number of nitrogens with zero attached hydrogens (tertiary/aromatic N) is 1. The summed E-state index contributed by atoms with van der Waals surface area (Å²) in [5.74, 6) is 1.35. The Balaban J connectivity index is 1.68. The minimum atomic E-state index is -0.186. The van der Waals surface area contributed by atoms with Crippen LogP contribution < -0.4 is 9.47 Å². The number of rotatable bonds is 3. The van der Waals surface area contributed by atoms with Gasteiger partial charge in [-0.05, 0) is 54.1 Å². The lowest BCUT2D eigenvalue weighted by Gasteiger charge is -2.20. The fourth-order valence-electron chi connectivity index (χ4n) is 3.89. The number of hydrogen-bond donors (Lipinski definition) is 0. The summed E-state index contributed by atoms with van der Waals surface area (Å²) in [7, 11) is 0. The van der Waals surface area contributed by atoms with Crippen LogP contribution in [0.2, 0.25) is 5.02 Å². The van der Waals surface area contributed by atoms with Gasteiger partial charge < -0.3 is 9.47 Å². The molecule has 0 amide bonds. The van der Waals surface area contributed by atoms with Crippen LogP contribution in [-0.2, 0) is 13.0 Å². The highest BCUT2D eigenvalue weighted by Gasteiger charge is 2.30. The Hall–Kier alpha value is -2.85. The first-order valence-corrected chi connectivity index (χ1v) is 9.61. The van der Waals surface area contributed by atoms with E-state index in [1.54, 1.807) is 6.07 Å². The molecule has 0 radical (unpaired) electrons. The van der Waals surface area contributed by atoms with E-state index in [9.17, 15) is 4.39 Å². The highest BCUT2D eigenvalue weighted by atomic mass is 35.5. The Morgan fingerprint density at radius 2 is 1.71 bits per heavy atom. The van der Waals surface area contributed by atoms with Gasteiger partial charge in [-0.2, -0.15) is 0 Å². The summed E-state index contributed by atoms with van der Waals surface area (Å²) in [4.78, 5) is 0. The molecule has 2 aliphatic rings. The second-order valence-corrected chi connectivity index (χ2v) is 7.42. The molecular weight excluding hydrogens is 377 g/mol. The molecule has 0 saturated carbocycles. The second-order valence-electron chi connectivity index (χ2n) is 6.98. The summed E-state index contributed by atoms with van der Waals surface area (Å²) >= 11 is 6.11. The molecule has 28 heavy (non-hydrogen) atoms. The molecule has 0 spiro atoms. The summed E-state index contributed by atoms with van der Waals surface area (Å²) in [5.41, 5.74) is 5.08. The molecule has 0 saturated heterocycles. The van der Waals surface area contributed by atoms with Crippen LogP contribution in [0.3, 0.4) is 0 Å². The van der Waals surface area contributed by atoms with Gasteiger partial charge in [-0.15, -0.1) is 0 Å². The number of halogens is 2. The molecule has 0 aromatic heterocycles. The van der Waals surface area contributed by atoms with E-state index in [2.05, 4.69) is 10.6 Å². The molecule has 5 rings (SSSR count). The molecule has 3 aromatic rings. The Morgan fingerprint density at radius 3 is 2.50 bits per heavy atom. The molecule has 0 atom stereocenters. The van der Waals surface area contributed by atoms with Crippen molar-refractivity contribution in [2.75, 3.05) is 13.3 Å². The van der Waals surface area contributed by atoms with Crippen molar-refractivity contribution >= 4 is 17.3 Å². The van der Waals surface area contributed by atoms with Crippen LogP contribution in [0.5, 0.6) is 11.5 Å². The van der Waals surface area contributed by atoms with E-state index in [0.29, 0.717) is 17.1 Å². The molecule has 0 unspecified atom stereocenters. The van der Waals surface area contributed by atoms with Gasteiger partial charge >= 0.3 is 0 Å².